The molecule has 0 aromatic rings. The van der Waals surface area contributed by atoms with E-state index in [1.807, 2.05) is 0 Å². The van der Waals surface area contributed by atoms with Crippen molar-refractivity contribution in [3.63, 3.8) is 0 Å². The number of carbonyl (C=O) groups is 1. The largest absolute Gasteiger partial charge is 0.394 e. The average molecular weight is 1120 g/mol. The summed E-state index contributed by atoms with van der Waals surface area (Å²) < 4.78 is 11.2. The van der Waals surface area contributed by atoms with E-state index in [0.717, 1.165) is 51.4 Å². The molecule has 1 fully saturated rings. The molecule has 0 aliphatic carbocycles. The molecular weight excluding hydrogens is 991 g/mol. The number of aliphatic hydroxyl groups is 7. The summed E-state index contributed by atoms with van der Waals surface area (Å²) in [5, 5.41) is 76.4. The topological polar surface area (TPSA) is 189 Å². The molecule has 1 amide bonds. The molecule has 1 rings (SSSR count). The summed E-state index contributed by atoms with van der Waals surface area (Å²) in [6, 6.07) is -1.19. The van der Waals surface area contributed by atoms with Gasteiger partial charge in [-0.1, -0.05) is 294 Å². The molecule has 0 spiro atoms. The third kappa shape index (κ3) is 44.5. The van der Waals surface area contributed by atoms with Crippen LogP contribution in [0.3, 0.4) is 0 Å². The van der Waals surface area contributed by atoms with Crippen molar-refractivity contribution >= 4 is 5.91 Å². The second-order valence-corrected chi connectivity index (χ2v) is 23.9. The number of amides is 1. The minimum absolute atomic E-state index is 0.253. The van der Waals surface area contributed by atoms with Gasteiger partial charge in [0.1, 0.15) is 36.6 Å². The Hall–Kier alpha value is -1.67. The van der Waals surface area contributed by atoms with Crippen LogP contribution in [0.1, 0.15) is 322 Å². The summed E-state index contributed by atoms with van der Waals surface area (Å²) in [5.41, 5.74) is 0. The lowest BCUT2D eigenvalue weighted by Crippen LogP contribution is -2.60. The van der Waals surface area contributed by atoms with Crippen LogP contribution in [-0.2, 0) is 14.3 Å². The lowest BCUT2D eigenvalue weighted by atomic mass is 9.98. The zero-order valence-electron chi connectivity index (χ0n) is 51.4. The fourth-order valence-corrected chi connectivity index (χ4v) is 11.0. The zero-order chi connectivity index (χ0) is 57.5. The van der Waals surface area contributed by atoms with E-state index in [1.165, 1.54) is 231 Å². The van der Waals surface area contributed by atoms with Crippen LogP contribution in [0.5, 0.6) is 0 Å². The Labute approximate surface area is 486 Å². The fraction of sp³-hybridized carbons (Fsp3) is 0.897. The summed E-state index contributed by atoms with van der Waals surface area (Å²) in [6.07, 6.45) is 60.9. The van der Waals surface area contributed by atoms with Gasteiger partial charge in [0.2, 0.25) is 5.91 Å². The van der Waals surface area contributed by atoms with E-state index >= 15 is 0 Å². The van der Waals surface area contributed by atoms with E-state index in [2.05, 4.69) is 55.6 Å². The van der Waals surface area contributed by atoms with Crippen LogP contribution in [0, 0.1) is 0 Å². The van der Waals surface area contributed by atoms with Crippen LogP contribution in [0.4, 0.5) is 0 Å². The monoisotopic (exact) mass is 1120 g/mol. The standard InChI is InChI=1S/C68H129NO10/c1-3-5-7-9-11-13-15-17-19-21-23-25-26-27-28-29-30-31-32-33-34-35-36-38-39-41-43-45-47-49-51-53-55-60(71)63(73)59(58-78-68-66(76)65(75)64(74)62(57-70)79-68)69-67(77)61(72)56-54-52-50-48-46-44-42-40-37-24-22-20-18-16-14-12-10-8-6-4-2/h6,8,12,14,47,49,59-66,68,70-76H,3-5,7,9-11,13,15-46,48,50-58H2,1-2H3,(H,69,77)/b8-6-,14-12-,49-47+. The van der Waals surface area contributed by atoms with E-state index in [0.29, 0.717) is 12.8 Å². The maximum Gasteiger partial charge on any atom is 0.249 e. The molecule has 0 bridgehead atoms. The molecule has 11 heteroatoms. The lowest BCUT2D eigenvalue weighted by Gasteiger charge is -2.40. The van der Waals surface area contributed by atoms with Gasteiger partial charge in [-0.05, 0) is 64.2 Å². The molecular formula is C68H129NO10. The molecule has 1 heterocycles. The summed E-state index contributed by atoms with van der Waals surface area (Å²) in [6.45, 7) is 3.38. The Morgan fingerprint density at radius 2 is 0.823 bits per heavy atom. The Morgan fingerprint density at radius 3 is 1.23 bits per heavy atom. The highest BCUT2D eigenvalue weighted by Gasteiger charge is 2.44. The van der Waals surface area contributed by atoms with Crippen LogP contribution in [0.15, 0.2) is 36.5 Å². The molecule has 1 aliphatic heterocycles. The first-order valence-corrected chi connectivity index (χ1v) is 33.9. The summed E-state index contributed by atoms with van der Waals surface area (Å²) in [7, 11) is 0. The molecule has 8 N–H and O–H groups in total. The van der Waals surface area contributed by atoms with Crippen LogP contribution < -0.4 is 5.32 Å². The Balaban J connectivity index is 2.21. The second-order valence-electron chi connectivity index (χ2n) is 23.9. The molecule has 9 atom stereocenters. The Morgan fingerprint density at radius 1 is 0.456 bits per heavy atom. The van der Waals surface area contributed by atoms with Gasteiger partial charge in [0.15, 0.2) is 6.29 Å². The maximum absolute atomic E-state index is 13.2. The van der Waals surface area contributed by atoms with Gasteiger partial charge in [-0.3, -0.25) is 4.79 Å². The predicted octanol–water partition coefficient (Wildman–Crippen LogP) is 15.8. The van der Waals surface area contributed by atoms with Crippen molar-refractivity contribution in [2.24, 2.45) is 0 Å². The first-order valence-electron chi connectivity index (χ1n) is 33.9. The third-order valence-corrected chi connectivity index (χ3v) is 16.4. The normalized spacial score (nSPS) is 19.5. The van der Waals surface area contributed by atoms with Crippen molar-refractivity contribution in [2.75, 3.05) is 13.2 Å². The van der Waals surface area contributed by atoms with Gasteiger partial charge in [-0.2, -0.15) is 0 Å². The number of allylic oxidation sites excluding steroid dienone is 6. The third-order valence-electron chi connectivity index (χ3n) is 16.4. The van der Waals surface area contributed by atoms with Crippen molar-refractivity contribution in [3.8, 4) is 0 Å². The summed E-state index contributed by atoms with van der Waals surface area (Å²) >= 11 is 0. The van der Waals surface area contributed by atoms with Crippen LogP contribution >= 0.6 is 0 Å². The number of hydrogen-bond donors (Lipinski definition) is 8. The van der Waals surface area contributed by atoms with E-state index in [-0.39, 0.29) is 12.8 Å². The molecule has 9 unspecified atom stereocenters. The van der Waals surface area contributed by atoms with Crippen LogP contribution in [0.2, 0.25) is 0 Å². The molecule has 0 saturated carbocycles. The van der Waals surface area contributed by atoms with Crippen molar-refractivity contribution in [3.05, 3.63) is 36.5 Å². The smallest absolute Gasteiger partial charge is 0.249 e. The van der Waals surface area contributed by atoms with E-state index < -0.39 is 74.2 Å². The molecule has 466 valence electrons. The first kappa shape index (κ1) is 75.3. The van der Waals surface area contributed by atoms with Crippen LogP contribution in [0.25, 0.3) is 0 Å². The summed E-state index contributed by atoms with van der Waals surface area (Å²) in [4.78, 5) is 13.2. The minimum Gasteiger partial charge on any atom is -0.394 e. The van der Waals surface area contributed by atoms with Gasteiger partial charge in [0, 0.05) is 0 Å². The zero-order valence-corrected chi connectivity index (χ0v) is 51.4. The van der Waals surface area contributed by atoms with Gasteiger partial charge in [-0.25, -0.2) is 0 Å². The fourth-order valence-electron chi connectivity index (χ4n) is 11.0. The van der Waals surface area contributed by atoms with Crippen molar-refractivity contribution in [1.82, 2.24) is 5.32 Å². The van der Waals surface area contributed by atoms with Gasteiger partial charge < -0.3 is 50.5 Å². The van der Waals surface area contributed by atoms with Crippen molar-refractivity contribution < 1.29 is 50.0 Å². The van der Waals surface area contributed by atoms with E-state index in [1.54, 1.807) is 0 Å². The predicted molar refractivity (Wildman–Crippen MR) is 330 cm³/mol. The van der Waals surface area contributed by atoms with Gasteiger partial charge in [-0.15, -0.1) is 0 Å². The highest BCUT2D eigenvalue weighted by molar-refractivity contribution is 5.80. The maximum atomic E-state index is 13.2. The van der Waals surface area contributed by atoms with Gasteiger partial charge in [0.05, 0.1) is 25.4 Å². The molecule has 0 aromatic heterocycles. The number of ether oxygens (including phenoxy) is 2. The number of rotatable bonds is 59. The number of nitrogens with one attached hydrogen (secondary N) is 1. The minimum atomic E-state index is -1.67. The number of aliphatic hydroxyl groups excluding tert-OH is 7. The van der Waals surface area contributed by atoms with Gasteiger partial charge in [0.25, 0.3) is 0 Å². The first-order chi connectivity index (χ1) is 38.7. The average Bonchev–Trinajstić information content (AvgIpc) is 3.46. The lowest BCUT2D eigenvalue weighted by molar-refractivity contribution is -0.303. The quantitative estimate of drug-likeness (QED) is 0.0215. The molecule has 0 aromatic carbocycles. The molecule has 1 saturated heterocycles. The van der Waals surface area contributed by atoms with Crippen LogP contribution in [-0.4, -0.2) is 110 Å². The highest BCUT2D eigenvalue weighted by atomic mass is 16.7. The number of carbonyl (C=O) groups excluding carboxylic acids is 1. The number of hydrogen-bond acceptors (Lipinski definition) is 10. The van der Waals surface area contributed by atoms with Crippen molar-refractivity contribution in [1.29, 1.82) is 0 Å². The Bertz CT molecular complexity index is 1380. The highest BCUT2D eigenvalue weighted by Crippen LogP contribution is 2.24. The van der Waals surface area contributed by atoms with E-state index in [9.17, 15) is 40.5 Å². The van der Waals surface area contributed by atoms with Crippen molar-refractivity contribution in [2.45, 2.75) is 377 Å². The van der Waals surface area contributed by atoms with E-state index in [4.69, 9.17) is 9.47 Å². The summed E-state index contributed by atoms with van der Waals surface area (Å²) in [5.74, 6) is -0.704. The van der Waals surface area contributed by atoms with Gasteiger partial charge >= 0.3 is 0 Å². The molecule has 0 radical (unpaired) electrons. The molecule has 1 aliphatic rings. The molecule has 79 heavy (non-hydrogen) atoms. The SMILES string of the molecule is CC/C=C\C/C=C\CCCCCCCCCCCCCCCC(O)C(=O)NC(COC1OC(CO)C(O)C(O)C1O)C(O)C(O)CCC/C=C/CCCCCCCCCCCCCCCCCCCCCCCCCCCCC. The Kier molecular flexibility index (Phi) is 54.2. The number of unbranched alkanes of at least 4 members (excludes halogenated alkanes) is 41. The second kappa shape index (κ2) is 56.8. The molecule has 11 nitrogen and oxygen atoms in total.